The maximum atomic E-state index is 5.66. The number of nitrogens with one attached hydrogen (secondary N) is 1. The van der Waals surface area contributed by atoms with Gasteiger partial charge in [-0.3, -0.25) is 0 Å². The first-order valence-electron chi connectivity index (χ1n) is 4.68. The van der Waals surface area contributed by atoms with Crippen molar-refractivity contribution in [2.45, 2.75) is 45.3 Å². The van der Waals surface area contributed by atoms with Gasteiger partial charge >= 0.3 is 0 Å². The SMILES string of the molecule is CCCO[C@H]1CCN[C@@H](C)C1. The van der Waals surface area contributed by atoms with Crippen LogP contribution in [-0.2, 0) is 4.74 Å². The third-order valence-electron chi connectivity index (χ3n) is 2.13. The van der Waals surface area contributed by atoms with E-state index in [-0.39, 0.29) is 0 Å². The van der Waals surface area contributed by atoms with E-state index in [4.69, 9.17) is 4.74 Å². The Morgan fingerprint density at radius 1 is 1.55 bits per heavy atom. The van der Waals surface area contributed by atoms with Crippen LogP contribution in [0.1, 0.15) is 33.1 Å². The quantitative estimate of drug-likeness (QED) is 0.671. The van der Waals surface area contributed by atoms with Gasteiger partial charge in [0.25, 0.3) is 0 Å². The first-order chi connectivity index (χ1) is 5.33. The van der Waals surface area contributed by atoms with Crippen molar-refractivity contribution in [3.63, 3.8) is 0 Å². The molecule has 1 heterocycles. The molecule has 66 valence electrons. The molecule has 0 bridgehead atoms. The van der Waals surface area contributed by atoms with Gasteiger partial charge in [-0.05, 0) is 32.7 Å². The third kappa shape index (κ3) is 3.21. The Labute approximate surface area is 69.3 Å². The van der Waals surface area contributed by atoms with Crippen molar-refractivity contribution in [2.24, 2.45) is 0 Å². The fourth-order valence-electron chi connectivity index (χ4n) is 1.52. The van der Waals surface area contributed by atoms with Crippen molar-refractivity contribution >= 4 is 0 Å². The zero-order valence-corrected chi connectivity index (χ0v) is 7.60. The molecule has 1 saturated heterocycles. The van der Waals surface area contributed by atoms with Gasteiger partial charge in [0.2, 0.25) is 0 Å². The molecule has 11 heavy (non-hydrogen) atoms. The first kappa shape index (κ1) is 9.01. The molecule has 0 radical (unpaired) electrons. The fraction of sp³-hybridized carbons (Fsp3) is 1.00. The molecular formula is C9H19NO. The fourth-order valence-corrected chi connectivity index (χ4v) is 1.52. The zero-order valence-electron chi connectivity index (χ0n) is 7.60. The van der Waals surface area contributed by atoms with Gasteiger partial charge in [-0.1, -0.05) is 6.92 Å². The predicted molar refractivity (Wildman–Crippen MR) is 46.7 cm³/mol. The molecule has 0 aromatic carbocycles. The van der Waals surface area contributed by atoms with Crippen LogP contribution >= 0.6 is 0 Å². The Hall–Kier alpha value is -0.0800. The molecule has 1 aliphatic rings. The van der Waals surface area contributed by atoms with Crippen molar-refractivity contribution in [1.82, 2.24) is 5.32 Å². The molecule has 0 aromatic rings. The number of piperidine rings is 1. The summed E-state index contributed by atoms with van der Waals surface area (Å²) in [6.07, 6.45) is 4.02. The summed E-state index contributed by atoms with van der Waals surface area (Å²) in [5.41, 5.74) is 0. The Balaban J connectivity index is 2.12. The lowest BCUT2D eigenvalue weighted by Gasteiger charge is -2.27. The smallest absolute Gasteiger partial charge is 0.0602 e. The molecule has 0 amide bonds. The minimum absolute atomic E-state index is 0.520. The summed E-state index contributed by atoms with van der Waals surface area (Å²) < 4.78 is 5.66. The predicted octanol–water partition coefficient (Wildman–Crippen LogP) is 1.55. The summed E-state index contributed by atoms with van der Waals surface area (Å²) in [5.74, 6) is 0. The second kappa shape index (κ2) is 4.73. The Morgan fingerprint density at radius 2 is 2.36 bits per heavy atom. The van der Waals surface area contributed by atoms with Gasteiger partial charge in [-0.15, -0.1) is 0 Å². The molecular weight excluding hydrogens is 138 g/mol. The lowest BCUT2D eigenvalue weighted by atomic mass is 10.0. The number of hydrogen-bond donors (Lipinski definition) is 1. The monoisotopic (exact) mass is 157 g/mol. The van der Waals surface area contributed by atoms with Gasteiger partial charge in [0.1, 0.15) is 0 Å². The largest absolute Gasteiger partial charge is 0.378 e. The van der Waals surface area contributed by atoms with Crippen LogP contribution in [0.15, 0.2) is 0 Å². The molecule has 2 nitrogen and oxygen atoms in total. The van der Waals surface area contributed by atoms with Gasteiger partial charge in [-0.25, -0.2) is 0 Å². The normalized spacial score (nSPS) is 32.2. The van der Waals surface area contributed by atoms with Crippen molar-refractivity contribution in [2.75, 3.05) is 13.2 Å². The van der Waals surface area contributed by atoms with Crippen LogP contribution in [0.5, 0.6) is 0 Å². The zero-order chi connectivity index (χ0) is 8.10. The van der Waals surface area contributed by atoms with E-state index in [1.807, 2.05) is 0 Å². The van der Waals surface area contributed by atoms with Crippen LogP contribution in [-0.4, -0.2) is 25.3 Å². The van der Waals surface area contributed by atoms with E-state index in [0.29, 0.717) is 12.1 Å². The molecule has 0 spiro atoms. The molecule has 1 aliphatic heterocycles. The summed E-state index contributed by atoms with van der Waals surface area (Å²) >= 11 is 0. The topological polar surface area (TPSA) is 21.3 Å². The van der Waals surface area contributed by atoms with Crippen LogP contribution < -0.4 is 5.32 Å². The van der Waals surface area contributed by atoms with Crippen molar-refractivity contribution < 1.29 is 4.74 Å². The van der Waals surface area contributed by atoms with Crippen LogP contribution in [0.2, 0.25) is 0 Å². The Kier molecular flexibility index (Phi) is 3.87. The second-order valence-electron chi connectivity index (χ2n) is 3.37. The molecule has 2 atom stereocenters. The third-order valence-corrected chi connectivity index (χ3v) is 2.13. The minimum Gasteiger partial charge on any atom is -0.378 e. The molecule has 1 rings (SSSR count). The average molecular weight is 157 g/mol. The lowest BCUT2D eigenvalue weighted by Crippen LogP contribution is -2.39. The Morgan fingerprint density at radius 3 is 3.00 bits per heavy atom. The summed E-state index contributed by atoms with van der Waals surface area (Å²) in [6.45, 7) is 6.43. The van der Waals surface area contributed by atoms with E-state index in [1.165, 1.54) is 12.8 Å². The van der Waals surface area contributed by atoms with Crippen molar-refractivity contribution in [3.05, 3.63) is 0 Å². The van der Waals surface area contributed by atoms with Crippen LogP contribution in [0.4, 0.5) is 0 Å². The van der Waals surface area contributed by atoms with E-state index in [2.05, 4.69) is 19.2 Å². The molecule has 0 aliphatic carbocycles. The van der Waals surface area contributed by atoms with E-state index in [1.54, 1.807) is 0 Å². The molecule has 0 saturated carbocycles. The highest BCUT2D eigenvalue weighted by molar-refractivity contribution is 4.75. The van der Waals surface area contributed by atoms with Crippen molar-refractivity contribution in [3.8, 4) is 0 Å². The summed E-state index contributed by atoms with van der Waals surface area (Å²) in [5, 5.41) is 3.41. The highest BCUT2D eigenvalue weighted by atomic mass is 16.5. The standard InChI is InChI=1S/C9H19NO/c1-3-6-11-9-4-5-10-8(2)7-9/h8-10H,3-7H2,1-2H3/t8-,9-/m0/s1. The molecule has 0 unspecified atom stereocenters. The molecule has 0 aromatic heterocycles. The molecule has 1 N–H and O–H groups in total. The van der Waals surface area contributed by atoms with Crippen molar-refractivity contribution in [1.29, 1.82) is 0 Å². The lowest BCUT2D eigenvalue weighted by molar-refractivity contribution is 0.0244. The summed E-state index contributed by atoms with van der Waals surface area (Å²) in [6, 6.07) is 0.644. The number of rotatable bonds is 3. The van der Waals surface area contributed by atoms with Gasteiger partial charge in [0, 0.05) is 12.6 Å². The van der Waals surface area contributed by atoms with Gasteiger partial charge in [0.05, 0.1) is 6.10 Å². The van der Waals surface area contributed by atoms with E-state index < -0.39 is 0 Å². The maximum absolute atomic E-state index is 5.66. The second-order valence-corrected chi connectivity index (χ2v) is 3.37. The molecule has 1 fully saturated rings. The maximum Gasteiger partial charge on any atom is 0.0602 e. The molecule has 2 heteroatoms. The van der Waals surface area contributed by atoms with Gasteiger partial charge in [-0.2, -0.15) is 0 Å². The van der Waals surface area contributed by atoms with E-state index in [0.717, 1.165) is 19.6 Å². The van der Waals surface area contributed by atoms with Gasteiger partial charge < -0.3 is 10.1 Å². The highest BCUT2D eigenvalue weighted by Crippen LogP contribution is 2.11. The summed E-state index contributed by atoms with van der Waals surface area (Å²) in [7, 11) is 0. The van der Waals surface area contributed by atoms with E-state index >= 15 is 0 Å². The average Bonchev–Trinajstić information content (AvgIpc) is 2.01. The number of ether oxygens (including phenoxy) is 1. The van der Waals surface area contributed by atoms with E-state index in [9.17, 15) is 0 Å². The Bertz CT molecular complexity index is 106. The first-order valence-corrected chi connectivity index (χ1v) is 4.68. The van der Waals surface area contributed by atoms with Crippen LogP contribution in [0.3, 0.4) is 0 Å². The van der Waals surface area contributed by atoms with Crippen LogP contribution in [0, 0.1) is 0 Å². The van der Waals surface area contributed by atoms with Gasteiger partial charge in [0.15, 0.2) is 0 Å². The highest BCUT2D eigenvalue weighted by Gasteiger charge is 2.17. The summed E-state index contributed by atoms with van der Waals surface area (Å²) in [4.78, 5) is 0. The van der Waals surface area contributed by atoms with Crippen LogP contribution in [0.25, 0.3) is 0 Å². The minimum atomic E-state index is 0.520. The number of hydrogen-bond acceptors (Lipinski definition) is 2.